The third-order valence-corrected chi connectivity index (χ3v) is 4.96. The number of hydrogen-bond donors (Lipinski definition) is 1. The molecule has 1 aromatic carbocycles. The highest BCUT2D eigenvalue weighted by atomic mass is 19.4. The molecule has 3 atom stereocenters. The zero-order valence-electron chi connectivity index (χ0n) is 13.1. The maximum Gasteiger partial charge on any atom is 0.471 e. The van der Waals surface area contributed by atoms with Crippen molar-refractivity contribution in [1.29, 1.82) is 0 Å². The summed E-state index contributed by atoms with van der Waals surface area (Å²) in [6.07, 6.45) is -1.60. The molecule has 2 bridgehead atoms. The summed E-state index contributed by atoms with van der Waals surface area (Å²) in [7, 11) is 0. The molecule has 2 heterocycles. The lowest BCUT2D eigenvalue weighted by Gasteiger charge is -2.39. The Morgan fingerprint density at radius 2 is 1.74 bits per heavy atom. The lowest BCUT2D eigenvalue weighted by atomic mass is 9.96. The summed E-state index contributed by atoms with van der Waals surface area (Å²) in [5, 5.41) is 2.16. The molecule has 0 saturated carbocycles. The number of carbonyl (C=O) groups is 1. The number of amides is 1. The van der Waals surface area contributed by atoms with Gasteiger partial charge < -0.3 is 5.32 Å². The van der Waals surface area contributed by atoms with Crippen molar-refractivity contribution < 1.29 is 18.0 Å². The molecule has 6 heteroatoms. The van der Waals surface area contributed by atoms with Gasteiger partial charge in [0, 0.05) is 24.7 Å². The zero-order chi connectivity index (χ0) is 16.6. The van der Waals surface area contributed by atoms with Gasteiger partial charge in [-0.25, -0.2) is 0 Å². The van der Waals surface area contributed by atoms with Gasteiger partial charge in [0.2, 0.25) is 0 Å². The number of halogens is 3. The predicted octanol–water partition coefficient (Wildman–Crippen LogP) is 3.17. The van der Waals surface area contributed by atoms with E-state index in [4.69, 9.17) is 0 Å². The molecule has 23 heavy (non-hydrogen) atoms. The number of nitrogens with zero attached hydrogens (tertiary/aromatic N) is 1. The topological polar surface area (TPSA) is 32.3 Å². The first-order chi connectivity index (χ1) is 10.8. The number of hydrogen-bond acceptors (Lipinski definition) is 2. The summed E-state index contributed by atoms with van der Waals surface area (Å²) in [6.45, 7) is 2.87. The molecular weight excluding hydrogens is 305 g/mol. The Morgan fingerprint density at radius 3 is 2.26 bits per heavy atom. The van der Waals surface area contributed by atoms with Crippen LogP contribution in [0, 0.1) is 6.92 Å². The molecule has 0 aromatic heterocycles. The van der Waals surface area contributed by atoms with Crippen LogP contribution < -0.4 is 5.32 Å². The average molecular weight is 326 g/mol. The summed E-state index contributed by atoms with van der Waals surface area (Å²) < 4.78 is 37.2. The van der Waals surface area contributed by atoms with Crippen LogP contribution in [-0.4, -0.2) is 35.1 Å². The second kappa shape index (κ2) is 6.15. The van der Waals surface area contributed by atoms with Gasteiger partial charge in [-0.15, -0.1) is 0 Å². The van der Waals surface area contributed by atoms with Gasteiger partial charge in [-0.1, -0.05) is 29.8 Å². The predicted molar refractivity (Wildman–Crippen MR) is 80.8 cm³/mol. The molecule has 1 aromatic rings. The minimum Gasteiger partial charge on any atom is -0.345 e. The fraction of sp³-hybridized carbons (Fsp3) is 0.588. The van der Waals surface area contributed by atoms with Crippen LogP contribution in [0.1, 0.15) is 36.8 Å². The smallest absolute Gasteiger partial charge is 0.345 e. The van der Waals surface area contributed by atoms with E-state index in [1.807, 2.05) is 6.92 Å². The molecule has 126 valence electrons. The number of fused-ring (bicyclic) bond motifs is 2. The first-order valence-electron chi connectivity index (χ1n) is 8.02. The Morgan fingerprint density at radius 1 is 1.17 bits per heavy atom. The largest absolute Gasteiger partial charge is 0.471 e. The van der Waals surface area contributed by atoms with Crippen molar-refractivity contribution in [2.45, 2.75) is 63.5 Å². The molecule has 1 N–H and O–H groups in total. The van der Waals surface area contributed by atoms with E-state index in [2.05, 4.69) is 34.5 Å². The number of rotatable bonds is 3. The maximum absolute atomic E-state index is 12.4. The lowest BCUT2D eigenvalue weighted by molar-refractivity contribution is -0.174. The number of alkyl halides is 3. The van der Waals surface area contributed by atoms with E-state index in [9.17, 15) is 18.0 Å². The fourth-order valence-corrected chi connectivity index (χ4v) is 3.82. The van der Waals surface area contributed by atoms with Gasteiger partial charge in [-0.3, -0.25) is 9.69 Å². The molecule has 0 spiro atoms. The third-order valence-electron chi connectivity index (χ3n) is 4.96. The Balaban J connectivity index is 1.61. The number of benzene rings is 1. The van der Waals surface area contributed by atoms with Crippen LogP contribution in [0.25, 0.3) is 0 Å². The number of aryl methyl sites for hydroxylation is 1. The van der Waals surface area contributed by atoms with E-state index in [1.165, 1.54) is 11.1 Å². The van der Waals surface area contributed by atoms with Crippen LogP contribution >= 0.6 is 0 Å². The van der Waals surface area contributed by atoms with Crippen molar-refractivity contribution in [1.82, 2.24) is 10.2 Å². The van der Waals surface area contributed by atoms with Crippen LogP contribution in [0.3, 0.4) is 0 Å². The van der Waals surface area contributed by atoms with E-state index in [-0.39, 0.29) is 18.1 Å². The molecule has 1 amide bonds. The normalized spacial score (nSPS) is 27.9. The minimum absolute atomic E-state index is 0.258. The van der Waals surface area contributed by atoms with Crippen LogP contribution in [0.15, 0.2) is 24.3 Å². The van der Waals surface area contributed by atoms with Gasteiger partial charge in [0.15, 0.2) is 0 Å². The van der Waals surface area contributed by atoms with E-state index in [0.29, 0.717) is 12.8 Å². The van der Waals surface area contributed by atoms with Gasteiger partial charge >= 0.3 is 12.1 Å². The fourth-order valence-electron chi connectivity index (χ4n) is 3.82. The minimum atomic E-state index is -4.79. The van der Waals surface area contributed by atoms with Crippen molar-refractivity contribution in [3.63, 3.8) is 0 Å². The molecule has 2 saturated heterocycles. The van der Waals surface area contributed by atoms with E-state index in [1.54, 1.807) is 0 Å². The SMILES string of the molecule is Cc1ccc(CN2[C@@H]3CC[C@H]2CC(NC(=O)C(F)(F)F)C3)cc1. The maximum atomic E-state index is 12.4. The number of nitrogens with one attached hydrogen (secondary N) is 1. The standard InChI is InChI=1S/C17H21F3N2O/c1-11-2-4-12(5-3-11)10-22-14-6-7-15(22)9-13(8-14)21-16(23)17(18,19)20/h2-5,13-15H,6-10H2,1H3,(H,21,23)/t13?,14-,15+. The van der Waals surface area contributed by atoms with Crippen molar-refractivity contribution in [2.75, 3.05) is 0 Å². The van der Waals surface area contributed by atoms with E-state index < -0.39 is 12.1 Å². The quantitative estimate of drug-likeness (QED) is 0.925. The van der Waals surface area contributed by atoms with Gasteiger partial charge in [0.1, 0.15) is 0 Å². The zero-order valence-corrected chi connectivity index (χ0v) is 13.1. The summed E-state index contributed by atoms with van der Waals surface area (Å²) in [5.41, 5.74) is 2.44. The lowest BCUT2D eigenvalue weighted by Crippen LogP contribution is -2.52. The Hall–Kier alpha value is -1.56. The Kier molecular flexibility index (Phi) is 4.36. The third kappa shape index (κ3) is 3.68. The van der Waals surface area contributed by atoms with Crippen molar-refractivity contribution in [3.8, 4) is 0 Å². The summed E-state index contributed by atoms with van der Waals surface area (Å²) in [5.74, 6) is -1.81. The molecule has 1 unspecified atom stereocenters. The van der Waals surface area contributed by atoms with Crippen LogP contribution in [0.4, 0.5) is 13.2 Å². The summed E-state index contributed by atoms with van der Waals surface area (Å²) in [6, 6.07) is 8.51. The molecule has 2 aliphatic rings. The van der Waals surface area contributed by atoms with Crippen molar-refractivity contribution in [3.05, 3.63) is 35.4 Å². The second-order valence-electron chi connectivity index (χ2n) is 6.68. The highest BCUT2D eigenvalue weighted by Gasteiger charge is 2.44. The molecule has 0 radical (unpaired) electrons. The summed E-state index contributed by atoms with van der Waals surface area (Å²) in [4.78, 5) is 13.5. The molecule has 0 aliphatic carbocycles. The number of carbonyl (C=O) groups excluding carboxylic acids is 1. The first-order valence-corrected chi connectivity index (χ1v) is 8.02. The molecule has 3 nitrogen and oxygen atoms in total. The van der Waals surface area contributed by atoms with Crippen LogP contribution in [0.5, 0.6) is 0 Å². The van der Waals surface area contributed by atoms with Crippen LogP contribution in [-0.2, 0) is 11.3 Å². The second-order valence-corrected chi connectivity index (χ2v) is 6.68. The molecular formula is C17H21F3N2O. The van der Waals surface area contributed by atoms with Crippen LogP contribution in [0.2, 0.25) is 0 Å². The number of piperidine rings is 1. The van der Waals surface area contributed by atoms with Gasteiger partial charge in [0.25, 0.3) is 0 Å². The highest BCUT2D eigenvalue weighted by molar-refractivity contribution is 5.81. The first kappa shape index (κ1) is 16.3. The van der Waals surface area contributed by atoms with E-state index >= 15 is 0 Å². The Labute approximate surface area is 133 Å². The average Bonchev–Trinajstić information content (AvgIpc) is 2.70. The van der Waals surface area contributed by atoms with Gasteiger partial charge in [-0.2, -0.15) is 13.2 Å². The van der Waals surface area contributed by atoms with Gasteiger partial charge in [0.05, 0.1) is 0 Å². The monoisotopic (exact) mass is 326 g/mol. The van der Waals surface area contributed by atoms with E-state index in [0.717, 1.165) is 19.4 Å². The molecule has 2 aliphatic heterocycles. The van der Waals surface area contributed by atoms with Gasteiger partial charge in [-0.05, 0) is 38.2 Å². The molecule has 2 fully saturated rings. The highest BCUT2D eigenvalue weighted by Crippen LogP contribution is 2.37. The Bertz CT molecular complexity index is 556. The van der Waals surface area contributed by atoms with Crippen molar-refractivity contribution in [2.24, 2.45) is 0 Å². The summed E-state index contributed by atoms with van der Waals surface area (Å²) >= 11 is 0. The van der Waals surface area contributed by atoms with Crippen molar-refractivity contribution >= 4 is 5.91 Å². The molecule has 3 rings (SSSR count).